The lowest BCUT2D eigenvalue weighted by molar-refractivity contribution is -0.383. The number of nitrogens with one attached hydrogen (secondary N) is 1. The molecular weight excluding hydrogens is 266 g/mol. The molecular formula is C8H6BrN3O3. The van der Waals surface area contributed by atoms with Crippen molar-refractivity contribution in [2.75, 3.05) is 7.11 Å². The molecule has 1 heterocycles. The Morgan fingerprint density at radius 2 is 2.33 bits per heavy atom. The molecule has 78 valence electrons. The Hall–Kier alpha value is -1.63. The standard InChI is InChI=1S/C8H6BrN3O3/c1-15-4-2-5-7(8(9)11-10-5)6(3-4)12(13)14/h2-3H,1H3,(H,10,11). The number of fused-ring (bicyclic) bond motifs is 1. The summed E-state index contributed by atoms with van der Waals surface area (Å²) >= 11 is 3.17. The lowest BCUT2D eigenvalue weighted by Gasteiger charge is -1.99. The number of hydrogen-bond donors (Lipinski definition) is 1. The van der Waals surface area contributed by atoms with Crippen LogP contribution < -0.4 is 4.74 Å². The van der Waals surface area contributed by atoms with Crippen LogP contribution in [0.1, 0.15) is 0 Å². The Morgan fingerprint density at radius 1 is 1.60 bits per heavy atom. The number of methoxy groups -OCH3 is 1. The first-order valence-electron chi connectivity index (χ1n) is 3.99. The van der Waals surface area contributed by atoms with Crippen LogP contribution in [-0.4, -0.2) is 22.2 Å². The number of nitrogens with zero attached hydrogens (tertiary/aromatic N) is 2. The summed E-state index contributed by atoms with van der Waals surface area (Å²) in [5, 5.41) is 17.8. The van der Waals surface area contributed by atoms with Gasteiger partial charge in [-0.25, -0.2) is 0 Å². The molecule has 0 saturated heterocycles. The predicted octanol–water partition coefficient (Wildman–Crippen LogP) is 2.24. The van der Waals surface area contributed by atoms with Crippen molar-refractivity contribution in [1.29, 1.82) is 0 Å². The number of aromatic nitrogens is 2. The van der Waals surface area contributed by atoms with E-state index in [1.165, 1.54) is 13.2 Å². The van der Waals surface area contributed by atoms with Crippen molar-refractivity contribution in [2.24, 2.45) is 0 Å². The number of rotatable bonds is 2. The summed E-state index contributed by atoms with van der Waals surface area (Å²) in [6.45, 7) is 0. The van der Waals surface area contributed by atoms with Crippen molar-refractivity contribution < 1.29 is 9.66 Å². The Bertz CT molecular complexity index is 537. The Balaban J connectivity index is 2.83. The minimum absolute atomic E-state index is 0.0371. The zero-order valence-corrected chi connectivity index (χ0v) is 9.24. The van der Waals surface area contributed by atoms with Crippen molar-refractivity contribution in [3.8, 4) is 5.75 Å². The fraction of sp³-hybridized carbons (Fsp3) is 0.125. The number of aromatic amines is 1. The molecule has 1 N–H and O–H groups in total. The molecule has 15 heavy (non-hydrogen) atoms. The van der Waals surface area contributed by atoms with E-state index in [1.807, 2.05) is 0 Å². The molecule has 0 aliphatic heterocycles. The Morgan fingerprint density at radius 3 is 2.93 bits per heavy atom. The molecule has 0 saturated carbocycles. The van der Waals surface area contributed by atoms with Gasteiger partial charge >= 0.3 is 0 Å². The van der Waals surface area contributed by atoms with Gasteiger partial charge in [-0.1, -0.05) is 0 Å². The van der Waals surface area contributed by atoms with Crippen LogP contribution in [0.2, 0.25) is 0 Å². The zero-order valence-electron chi connectivity index (χ0n) is 7.65. The van der Waals surface area contributed by atoms with Gasteiger partial charge in [-0.05, 0) is 15.9 Å². The first kappa shape index (κ1) is 9.91. The smallest absolute Gasteiger partial charge is 0.285 e. The molecule has 0 aliphatic carbocycles. The minimum atomic E-state index is -0.467. The number of benzene rings is 1. The average molecular weight is 272 g/mol. The largest absolute Gasteiger partial charge is 0.496 e. The summed E-state index contributed by atoms with van der Waals surface area (Å²) in [6.07, 6.45) is 0. The number of ether oxygens (including phenoxy) is 1. The van der Waals surface area contributed by atoms with Crippen LogP contribution in [0, 0.1) is 10.1 Å². The van der Waals surface area contributed by atoms with Gasteiger partial charge in [0, 0.05) is 6.07 Å². The molecule has 1 aromatic heterocycles. The van der Waals surface area contributed by atoms with Crippen LogP contribution in [0.5, 0.6) is 5.75 Å². The van der Waals surface area contributed by atoms with Crippen LogP contribution in [-0.2, 0) is 0 Å². The van der Waals surface area contributed by atoms with Crippen molar-refractivity contribution in [3.05, 3.63) is 26.9 Å². The van der Waals surface area contributed by atoms with Gasteiger partial charge in [0.05, 0.1) is 18.1 Å². The van der Waals surface area contributed by atoms with Gasteiger partial charge in [0.2, 0.25) is 0 Å². The number of H-pyrrole nitrogens is 1. The maximum absolute atomic E-state index is 10.8. The maximum Gasteiger partial charge on any atom is 0.285 e. The Kier molecular flexibility index (Phi) is 2.31. The summed E-state index contributed by atoms with van der Waals surface area (Å²) in [5.41, 5.74) is 0.456. The van der Waals surface area contributed by atoms with Crippen LogP contribution in [0.4, 0.5) is 5.69 Å². The number of hydrogen-bond acceptors (Lipinski definition) is 4. The lowest BCUT2D eigenvalue weighted by atomic mass is 10.2. The molecule has 7 heteroatoms. The minimum Gasteiger partial charge on any atom is -0.496 e. The first-order valence-corrected chi connectivity index (χ1v) is 4.79. The van der Waals surface area contributed by atoms with Gasteiger partial charge in [0.1, 0.15) is 21.3 Å². The highest BCUT2D eigenvalue weighted by molar-refractivity contribution is 9.10. The van der Waals surface area contributed by atoms with E-state index in [-0.39, 0.29) is 5.69 Å². The molecule has 2 rings (SSSR count). The molecule has 0 amide bonds. The number of nitro groups is 1. The predicted molar refractivity (Wildman–Crippen MR) is 57.0 cm³/mol. The van der Waals surface area contributed by atoms with Crippen LogP contribution in [0.15, 0.2) is 16.7 Å². The van der Waals surface area contributed by atoms with Gasteiger partial charge in [-0.15, -0.1) is 0 Å². The SMILES string of the molecule is COc1cc([N+](=O)[O-])c2c(Br)[nH]nc2c1. The average Bonchev–Trinajstić information content (AvgIpc) is 2.59. The van der Waals surface area contributed by atoms with E-state index in [9.17, 15) is 10.1 Å². The second-order valence-corrected chi connectivity index (χ2v) is 3.63. The third-order valence-corrected chi connectivity index (χ3v) is 2.57. The van der Waals surface area contributed by atoms with E-state index in [2.05, 4.69) is 26.1 Å². The molecule has 0 fully saturated rings. The third-order valence-electron chi connectivity index (χ3n) is 2.00. The van der Waals surface area contributed by atoms with Crippen molar-refractivity contribution in [1.82, 2.24) is 10.2 Å². The normalized spacial score (nSPS) is 10.5. The van der Waals surface area contributed by atoms with Crippen molar-refractivity contribution in [2.45, 2.75) is 0 Å². The van der Waals surface area contributed by atoms with Crippen molar-refractivity contribution >= 4 is 32.5 Å². The molecule has 0 unspecified atom stereocenters. The lowest BCUT2D eigenvalue weighted by Crippen LogP contribution is -1.91. The monoisotopic (exact) mass is 271 g/mol. The van der Waals surface area contributed by atoms with Crippen LogP contribution in [0.25, 0.3) is 10.9 Å². The molecule has 0 radical (unpaired) electrons. The van der Waals surface area contributed by atoms with Crippen molar-refractivity contribution in [3.63, 3.8) is 0 Å². The first-order chi connectivity index (χ1) is 7.13. The van der Waals surface area contributed by atoms with E-state index >= 15 is 0 Å². The summed E-state index contributed by atoms with van der Waals surface area (Å²) < 4.78 is 5.44. The summed E-state index contributed by atoms with van der Waals surface area (Å²) in [6, 6.07) is 2.99. The van der Waals surface area contributed by atoms with Gasteiger partial charge in [-0.2, -0.15) is 5.10 Å². The quantitative estimate of drug-likeness (QED) is 0.671. The van der Waals surface area contributed by atoms with Gasteiger partial charge in [-0.3, -0.25) is 15.2 Å². The second-order valence-electron chi connectivity index (χ2n) is 2.84. The third kappa shape index (κ3) is 1.54. The highest BCUT2D eigenvalue weighted by Gasteiger charge is 2.19. The van der Waals surface area contributed by atoms with Gasteiger partial charge in [0.25, 0.3) is 5.69 Å². The number of non-ortho nitro benzene ring substituents is 1. The van der Waals surface area contributed by atoms with E-state index in [0.29, 0.717) is 21.3 Å². The molecule has 0 spiro atoms. The van der Waals surface area contributed by atoms with Crippen LogP contribution >= 0.6 is 15.9 Å². The number of nitro benzene ring substituents is 1. The second kappa shape index (κ2) is 3.50. The summed E-state index contributed by atoms with van der Waals surface area (Å²) in [4.78, 5) is 10.4. The zero-order chi connectivity index (χ0) is 11.0. The van der Waals surface area contributed by atoms with E-state index in [0.717, 1.165) is 0 Å². The highest BCUT2D eigenvalue weighted by Crippen LogP contribution is 2.34. The fourth-order valence-corrected chi connectivity index (χ4v) is 1.82. The van der Waals surface area contributed by atoms with E-state index in [4.69, 9.17) is 4.74 Å². The molecule has 1 aromatic carbocycles. The highest BCUT2D eigenvalue weighted by atomic mass is 79.9. The number of halogens is 1. The molecule has 6 nitrogen and oxygen atoms in total. The van der Waals surface area contributed by atoms with E-state index < -0.39 is 4.92 Å². The summed E-state index contributed by atoms with van der Waals surface area (Å²) in [5.74, 6) is 0.410. The van der Waals surface area contributed by atoms with Crippen LogP contribution in [0.3, 0.4) is 0 Å². The summed E-state index contributed by atoms with van der Waals surface area (Å²) in [7, 11) is 1.45. The molecule has 0 atom stereocenters. The topological polar surface area (TPSA) is 81.0 Å². The maximum atomic E-state index is 10.8. The van der Waals surface area contributed by atoms with Gasteiger partial charge in [0.15, 0.2) is 0 Å². The molecule has 0 aliphatic rings. The molecule has 2 aromatic rings. The Labute approximate surface area is 92.5 Å². The van der Waals surface area contributed by atoms with E-state index in [1.54, 1.807) is 6.07 Å². The van der Waals surface area contributed by atoms with Gasteiger partial charge < -0.3 is 4.74 Å². The molecule has 0 bridgehead atoms. The fourth-order valence-electron chi connectivity index (χ4n) is 1.33.